The van der Waals surface area contributed by atoms with Crippen molar-refractivity contribution in [1.29, 1.82) is 0 Å². The summed E-state index contributed by atoms with van der Waals surface area (Å²) >= 11 is 0. The third-order valence-electron chi connectivity index (χ3n) is 3.49. The zero-order valence-corrected chi connectivity index (χ0v) is 14.4. The first-order chi connectivity index (χ1) is 9.99. The zero-order chi connectivity index (χ0) is 15.4. The van der Waals surface area contributed by atoms with Crippen molar-refractivity contribution in [2.75, 3.05) is 5.73 Å². The Hall–Kier alpha value is -1.88. The van der Waals surface area contributed by atoms with E-state index in [0.717, 1.165) is 30.6 Å². The largest absolute Gasteiger partial charge is 1.00 e. The molecule has 0 aliphatic rings. The van der Waals surface area contributed by atoms with Crippen LogP contribution in [-0.2, 0) is 13.6 Å². The topological polar surface area (TPSA) is 60.6 Å². The van der Waals surface area contributed by atoms with Crippen LogP contribution in [0.2, 0.25) is 0 Å². The molecule has 2 aromatic rings. The first-order valence-corrected chi connectivity index (χ1v) is 7.23. The summed E-state index contributed by atoms with van der Waals surface area (Å²) in [7, 11) is 1.97. The van der Waals surface area contributed by atoms with Crippen molar-refractivity contribution >= 4 is 17.0 Å². The Labute approximate surface area is 138 Å². The van der Waals surface area contributed by atoms with Gasteiger partial charge in [0.25, 0.3) is 0 Å². The molecular weight excluding hydrogens is 298 g/mol. The van der Waals surface area contributed by atoms with Gasteiger partial charge in [0.2, 0.25) is 5.52 Å². The fourth-order valence-electron chi connectivity index (χ4n) is 2.32. The molecule has 0 aliphatic heterocycles. The number of aromatic nitrogens is 4. The second kappa shape index (κ2) is 7.94. The Kier molecular flexibility index (Phi) is 6.56. The van der Waals surface area contributed by atoms with Gasteiger partial charge < -0.3 is 18.1 Å². The highest BCUT2D eigenvalue weighted by molar-refractivity contribution is 5.79. The van der Waals surface area contributed by atoms with Crippen molar-refractivity contribution in [3.05, 3.63) is 36.0 Å². The van der Waals surface area contributed by atoms with E-state index in [1.165, 1.54) is 17.5 Å². The summed E-state index contributed by atoms with van der Waals surface area (Å²) < 4.78 is 4.06. The molecule has 2 heterocycles. The molecule has 22 heavy (non-hydrogen) atoms. The van der Waals surface area contributed by atoms with Gasteiger partial charge >= 0.3 is 5.65 Å². The van der Waals surface area contributed by atoms with Gasteiger partial charge in [0, 0.05) is 0 Å². The second-order valence-electron chi connectivity index (χ2n) is 5.68. The lowest BCUT2D eigenvalue weighted by molar-refractivity contribution is -0.647. The summed E-state index contributed by atoms with van der Waals surface area (Å²) in [6.07, 6.45) is 10.2. The number of hydrogen-bond donors (Lipinski definition) is 1. The Morgan fingerprint density at radius 3 is 2.68 bits per heavy atom. The van der Waals surface area contributed by atoms with Crippen molar-refractivity contribution in [2.24, 2.45) is 7.05 Å². The molecule has 0 fully saturated rings. The molecule has 2 rings (SSSR count). The first-order valence-electron chi connectivity index (χ1n) is 7.23. The SMILES string of the molecule is CC(C)=CCC/C(C)=C/Cn1c[n+](C)c2ncnc(N)c21.[Cl-]. The standard InChI is InChI=1S/C16H24N5.ClH/c1-12(2)6-5-7-13(3)8-9-21-11-20(4)16-14(21)15(17)18-10-19-16;/h6,8,10-11H,5,7,9H2,1-4H3,(H2,17,18,19);1H/q+1;/p-1/b13-8+;. The predicted molar refractivity (Wildman–Crippen MR) is 85.5 cm³/mol. The molecule has 0 saturated heterocycles. The number of nitrogens with two attached hydrogens (primary N) is 1. The molecule has 6 heteroatoms. The van der Waals surface area contributed by atoms with Crippen molar-refractivity contribution in [1.82, 2.24) is 14.5 Å². The number of hydrogen-bond acceptors (Lipinski definition) is 3. The van der Waals surface area contributed by atoms with Gasteiger partial charge in [-0.25, -0.2) is 4.57 Å². The molecule has 0 saturated carbocycles. The highest BCUT2D eigenvalue weighted by atomic mass is 35.5. The van der Waals surface area contributed by atoms with Crippen LogP contribution >= 0.6 is 0 Å². The number of nitrogen functional groups attached to an aromatic ring is 1. The van der Waals surface area contributed by atoms with Gasteiger partial charge in [0.15, 0.2) is 18.5 Å². The van der Waals surface area contributed by atoms with Crippen molar-refractivity contribution in [2.45, 2.75) is 40.2 Å². The fourth-order valence-corrected chi connectivity index (χ4v) is 2.32. The molecule has 0 spiro atoms. The van der Waals surface area contributed by atoms with E-state index in [0.29, 0.717) is 5.82 Å². The maximum absolute atomic E-state index is 5.98. The minimum absolute atomic E-state index is 0. The van der Waals surface area contributed by atoms with Crippen LogP contribution in [0.5, 0.6) is 0 Å². The molecule has 0 bridgehead atoms. The Morgan fingerprint density at radius 2 is 2.00 bits per heavy atom. The first kappa shape index (κ1) is 18.2. The molecule has 2 N–H and O–H groups in total. The molecule has 0 aromatic carbocycles. The quantitative estimate of drug-likeness (QED) is 0.598. The monoisotopic (exact) mass is 321 g/mol. The van der Waals surface area contributed by atoms with Gasteiger partial charge in [-0.05, 0) is 33.6 Å². The Bertz CT molecular complexity index is 696. The van der Waals surface area contributed by atoms with Gasteiger partial charge in [-0.1, -0.05) is 28.3 Å². The van der Waals surface area contributed by atoms with Crippen molar-refractivity contribution in [3.8, 4) is 0 Å². The van der Waals surface area contributed by atoms with E-state index in [1.54, 1.807) is 0 Å². The van der Waals surface area contributed by atoms with Gasteiger partial charge in [0.05, 0.1) is 13.6 Å². The molecule has 5 nitrogen and oxygen atoms in total. The number of fused-ring (bicyclic) bond motifs is 1. The summed E-state index contributed by atoms with van der Waals surface area (Å²) in [6, 6.07) is 0. The lowest BCUT2D eigenvalue weighted by Crippen LogP contribution is -3.00. The molecule has 120 valence electrons. The van der Waals surface area contributed by atoms with Gasteiger partial charge in [-0.15, -0.1) is 0 Å². The third kappa shape index (κ3) is 4.31. The summed E-state index contributed by atoms with van der Waals surface area (Å²) in [6.45, 7) is 7.22. The number of imidazole rings is 1. The van der Waals surface area contributed by atoms with Crippen LogP contribution in [-0.4, -0.2) is 14.5 Å². The number of aryl methyl sites for hydroxylation is 1. The maximum Gasteiger partial charge on any atom is 0.307 e. The zero-order valence-electron chi connectivity index (χ0n) is 13.7. The molecule has 0 atom stereocenters. The third-order valence-corrected chi connectivity index (χ3v) is 3.49. The van der Waals surface area contributed by atoms with E-state index in [9.17, 15) is 0 Å². The van der Waals surface area contributed by atoms with Crippen LogP contribution in [0.25, 0.3) is 11.2 Å². The number of nitrogens with zero attached hydrogens (tertiary/aromatic N) is 4. The molecule has 0 unspecified atom stereocenters. The molecule has 0 aliphatic carbocycles. The van der Waals surface area contributed by atoms with Gasteiger partial charge in [-0.2, -0.15) is 4.98 Å². The van der Waals surface area contributed by atoms with E-state index < -0.39 is 0 Å². The van der Waals surface area contributed by atoms with E-state index in [1.807, 2.05) is 17.9 Å². The van der Waals surface area contributed by atoms with Crippen LogP contribution in [0.3, 0.4) is 0 Å². The smallest absolute Gasteiger partial charge is 0.307 e. The highest BCUT2D eigenvalue weighted by Crippen LogP contribution is 2.14. The predicted octanol–water partition coefficient (Wildman–Crippen LogP) is -0.465. The van der Waals surface area contributed by atoms with Crippen LogP contribution in [0.4, 0.5) is 5.82 Å². The Balaban J connectivity index is 0.00000242. The maximum atomic E-state index is 5.98. The summed E-state index contributed by atoms with van der Waals surface area (Å²) in [4.78, 5) is 8.36. The van der Waals surface area contributed by atoms with E-state index in [-0.39, 0.29) is 12.4 Å². The number of rotatable bonds is 5. The minimum Gasteiger partial charge on any atom is -1.00 e. The number of anilines is 1. The summed E-state index contributed by atoms with van der Waals surface area (Å²) in [5.41, 5.74) is 10.5. The summed E-state index contributed by atoms with van der Waals surface area (Å²) in [5, 5.41) is 0. The highest BCUT2D eigenvalue weighted by Gasteiger charge is 2.16. The molecular formula is C16H24ClN5. The lowest BCUT2D eigenvalue weighted by atomic mass is 10.1. The number of halogens is 1. The van der Waals surface area contributed by atoms with Crippen LogP contribution in [0, 0.1) is 0 Å². The lowest BCUT2D eigenvalue weighted by Gasteiger charge is -2.00. The van der Waals surface area contributed by atoms with Crippen LogP contribution in [0.15, 0.2) is 36.0 Å². The van der Waals surface area contributed by atoms with E-state index in [2.05, 4.69) is 47.5 Å². The normalized spacial score (nSPS) is 11.4. The van der Waals surface area contributed by atoms with Gasteiger partial charge in [-0.3, -0.25) is 4.57 Å². The number of allylic oxidation sites excluding steroid dienone is 4. The minimum atomic E-state index is 0. The molecule has 0 amide bonds. The van der Waals surface area contributed by atoms with Gasteiger partial charge in [0.1, 0.15) is 0 Å². The summed E-state index contributed by atoms with van der Waals surface area (Å²) in [5.74, 6) is 0.524. The Morgan fingerprint density at radius 1 is 1.27 bits per heavy atom. The average molecular weight is 322 g/mol. The average Bonchev–Trinajstić information content (AvgIpc) is 2.74. The molecule has 2 aromatic heterocycles. The van der Waals surface area contributed by atoms with E-state index >= 15 is 0 Å². The fraction of sp³-hybridized carbons (Fsp3) is 0.438. The van der Waals surface area contributed by atoms with Crippen LogP contribution < -0.4 is 22.7 Å². The second-order valence-corrected chi connectivity index (χ2v) is 5.68. The van der Waals surface area contributed by atoms with Crippen LogP contribution in [0.1, 0.15) is 33.6 Å². The van der Waals surface area contributed by atoms with Crippen molar-refractivity contribution < 1.29 is 17.0 Å². The van der Waals surface area contributed by atoms with E-state index in [4.69, 9.17) is 5.73 Å². The molecule has 0 radical (unpaired) electrons. The van der Waals surface area contributed by atoms with Crippen molar-refractivity contribution in [3.63, 3.8) is 0 Å².